The summed E-state index contributed by atoms with van der Waals surface area (Å²) >= 11 is 0. The van der Waals surface area contributed by atoms with Crippen molar-refractivity contribution in [3.63, 3.8) is 0 Å². The zero-order chi connectivity index (χ0) is 18.8. The van der Waals surface area contributed by atoms with Crippen LogP contribution in [0.4, 0.5) is 0 Å². The highest BCUT2D eigenvalue weighted by molar-refractivity contribution is 5.79. The average molecular weight is 368 g/mol. The third-order valence-corrected chi connectivity index (χ3v) is 3.91. The number of fused-ring (bicyclic) bond motifs is 2. The fraction of sp³-hybridized carbons (Fsp3) is 0.235. The maximum absolute atomic E-state index is 12.3. The van der Waals surface area contributed by atoms with Gasteiger partial charge in [0.15, 0.2) is 17.1 Å². The summed E-state index contributed by atoms with van der Waals surface area (Å²) in [6.45, 7) is 2.29. The molecule has 0 aliphatic heterocycles. The van der Waals surface area contributed by atoms with Gasteiger partial charge in [-0.15, -0.1) is 15.3 Å². The average Bonchev–Trinajstić information content (AvgIpc) is 3.21. The molecule has 10 heteroatoms. The number of aromatic nitrogens is 5. The van der Waals surface area contributed by atoms with Gasteiger partial charge in [-0.3, -0.25) is 9.36 Å². The summed E-state index contributed by atoms with van der Waals surface area (Å²) in [5.74, 6) is -0.0539. The van der Waals surface area contributed by atoms with Crippen LogP contribution in [0.25, 0.3) is 16.7 Å². The van der Waals surface area contributed by atoms with Gasteiger partial charge >= 0.3 is 5.76 Å². The van der Waals surface area contributed by atoms with Gasteiger partial charge in [0.05, 0.1) is 18.7 Å². The van der Waals surface area contributed by atoms with Crippen molar-refractivity contribution in [2.45, 2.75) is 20.0 Å². The number of nitrogens with zero attached hydrogens (tertiary/aromatic N) is 5. The van der Waals surface area contributed by atoms with Gasteiger partial charge in [-0.2, -0.15) is 4.52 Å². The lowest BCUT2D eigenvalue weighted by Gasteiger charge is -2.05. The van der Waals surface area contributed by atoms with E-state index in [9.17, 15) is 9.59 Å². The fourth-order valence-electron chi connectivity index (χ4n) is 2.69. The molecule has 0 fully saturated rings. The molecule has 3 heterocycles. The summed E-state index contributed by atoms with van der Waals surface area (Å²) in [6.07, 6.45) is 0. The number of hydrogen-bond donors (Lipinski definition) is 1. The molecule has 4 rings (SSSR count). The van der Waals surface area contributed by atoms with Crippen molar-refractivity contribution < 1.29 is 13.9 Å². The van der Waals surface area contributed by atoms with E-state index in [2.05, 4.69) is 20.6 Å². The highest BCUT2D eigenvalue weighted by atomic mass is 16.5. The van der Waals surface area contributed by atoms with Crippen LogP contribution in [0.3, 0.4) is 0 Å². The number of benzene rings is 1. The van der Waals surface area contributed by atoms with E-state index >= 15 is 0 Å². The van der Waals surface area contributed by atoms with Crippen LogP contribution in [0.5, 0.6) is 5.88 Å². The first kappa shape index (κ1) is 16.8. The maximum Gasteiger partial charge on any atom is 0.420 e. The van der Waals surface area contributed by atoms with Crippen molar-refractivity contribution in [1.29, 1.82) is 0 Å². The van der Waals surface area contributed by atoms with Gasteiger partial charge < -0.3 is 14.5 Å². The Morgan fingerprint density at radius 1 is 1.22 bits per heavy atom. The Morgan fingerprint density at radius 3 is 2.93 bits per heavy atom. The molecule has 0 aliphatic carbocycles. The molecule has 4 aromatic rings. The second-order valence-electron chi connectivity index (χ2n) is 5.69. The third-order valence-electron chi connectivity index (χ3n) is 3.91. The van der Waals surface area contributed by atoms with Crippen LogP contribution in [-0.2, 0) is 17.9 Å². The third kappa shape index (κ3) is 3.24. The molecule has 0 unspecified atom stereocenters. The molecule has 0 atom stereocenters. The van der Waals surface area contributed by atoms with E-state index in [0.717, 1.165) is 0 Å². The topological polar surface area (TPSA) is 117 Å². The molecule has 1 aromatic carbocycles. The lowest BCUT2D eigenvalue weighted by atomic mass is 10.3. The number of para-hydroxylation sites is 2. The number of amides is 1. The van der Waals surface area contributed by atoms with Crippen molar-refractivity contribution in [1.82, 2.24) is 29.7 Å². The molecule has 0 aliphatic rings. The van der Waals surface area contributed by atoms with Crippen LogP contribution in [0, 0.1) is 0 Å². The van der Waals surface area contributed by atoms with Crippen LogP contribution in [0.1, 0.15) is 12.7 Å². The Hall–Kier alpha value is -3.69. The zero-order valence-electron chi connectivity index (χ0n) is 14.5. The minimum atomic E-state index is -0.581. The minimum Gasteiger partial charge on any atom is -0.477 e. The van der Waals surface area contributed by atoms with Crippen LogP contribution in [-0.4, -0.2) is 36.9 Å². The van der Waals surface area contributed by atoms with Crippen molar-refractivity contribution in [3.05, 3.63) is 52.8 Å². The zero-order valence-corrected chi connectivity index (χ0v) is 14.5. The van der Waals surface area contributed by atoms with Crippen molar-refractivity contribution in [2.75, 3.05) is 6.61 Å². The van der Waals surface area contributed by atoms with Crippen molar-refractivity contribution in [2.24, 2.45) is 0 Å². The quantitative estimate of drug-likeness (QED) is 0.534. The van der Waals surface area contributed by atoms with Gasteiger partial charge in [-0.05, 0) is 25.1 Å². The molecule has 3 aromatic heterocycles. The van der Waals surface area contributed by atoms with Gasteiger partial charge in [0, 0.05) is 6.07 Å². The van der Waals surface area contributed by atoms with Gasteiger partial charge in [-0.1, -0.05) is 12.1 Å². The number of rotatable bonds is 6. The number of oxazole rings is 1. The van der Waals surface area contributed by atoms with Crippen LogP contribution < -0.4 is 15.8 Å². The normalized spacial score (nSPS) is 11.1. The van der Waals surface area contributed by atoms with Crippen LogP contribution in [0.15, 0.2) is 45.6 Å². The summed E-state index contributed by atoms with van der Waals surface area (Å²) in [5, 5.41) is 15.0. The van der Waals surface area contributed by atoms with E-state index in [1.807, 2.05) is 6.92 Å². The molecule has 1 amide bonds. The molecule has 1 N–H and O–H groups in total. The SMILES string of the molecule is CCOc1ccc2nnc(CNC(=O)Cn3c(=O)oc4ccccc43)n2n1. The highest BCUT2D eigenvalue weighted by Crippen LogP contribution is 2.12. The van der Waals surface area contributed by atoms with E-state index in [-0.39, 0.29) is 19.0 Å². The first-order valence-corrected chi connectivity index (χ1v) is 8.35. The number of carbonyl (C=O) groups excluding carboxylic acids is 1. The number of ether oxygens (including phenoxy) is 1. The molecule has 0 saturated carbocycles. The summed E-state index contributed by atoms with van der Waals surface area (Å²) in [5.41, 5.74) is 1.54. The summed E-state index contributed by atoms with van der Waals surface area (Å²) in [6, 6.07) is 10.4. The molecule has 0 spiro atoms. The predicted molar refractivity (Wildman–Crippen MR) is 94.3 cm³/mol. The van der Waals surface area contributed by atoms with Gasteiger partial charge in [0.1, 0.15) is 6.54 Å². The summed E-state index contributed by atoms with van der Waals surface area (Å²) in [4.78, 5) is 24.2. The second kappa shape index (κ2) is 6.90. The van der Waals surface area contributed by atoms with Gasteiger partial charge in [0.2, 0.25) is 11.8 Å². The van der Waals surface area contributed by atoms with E-state index in [4.69, 9.17) is 9.15 Å². The van der Waals surface area contributed by atoms with E-state index in [1.54, 1.807) is 36.4 Å². The molecule has 0 radical (unpaired) electrons. The second-order valence-corrected chi connectivity index (χ2v) is 5.69. The molecule has 0 saturated heterocycles. The Kier molecular flexibility index (Phi) is 4.29. The Bertz CT molecular complexity index is 1180. The fourth-order valence-corrected chi connectivity index (χ4v) is 2.69. The molecule has 10 nitrogen and oxygen atoms in total. The summed E-state index contributed by atoms with van der Waals surface area (Å²) in [7, 11) is 0. The lowest BCUT2D eigenvalue weighted by molar-refractivity contribution is -0.121. The predicted octanol–water partition coefficient (Wildman–Crippen LogP) is 0.747. The lowest BCUT2D eigenvalue weighted by Crippen LogP contribution is -2.31. The molecular weight excluding hydrogens is 352 g/mol. The Labute approximate surface area is 152 Å². The first-order valence-electron chi connectivity index (χ1n) is 8.35. The van der Waals surface area contributed by atoms with E-state index in [0.29, 0.717) is 35.1 Å². The highest BCUT2D eigenvalue weighted by Gasteiger charge is 2.14. The van der Waals surface area contributed by atoms with E-state index in [1.165, 1.54) is 9.08 Å². The molecule has 0 bridgehead atoms. The number of hydrogen-bond acceptors (Lipinski definition) is 7. The van der Waals surface area contributed by atoms with Crippen LogP contribution >= 0.6 is 0 Å². The summed E-state index contributed by atoms with van der Waals surface area (Å²) < 4.78 is 13.3. The maximum atomic E-state index is 12.3. The minimum absolute atomic E-state index is 0.104. The largest absolute Gasteiger partial charge is 0.477 e. The molecular formula is C17H16N6O4. The number of carbonyl (C=O) groups is 1. The number of nitrogens with one attached hydrogen (secondary N) is 1. The first-order chi connectivity index (χ1) is 13.2. The standard InChI is InChI=1S/C17H16N6O4/c1-2-26-16-8-7-13-19-20-14(23(13)21-16)9-18-15(24)10-22-11-5-3-4-6-12(11)27-17(22)25/h3-8H,2,9-10H2,1H3,(H,18,24). The monoisotopic (exact) mass is 368 g/mol. The van der Waals surface area contributed by atoms with E-state index < -0.39 is 5.76 Å². The Morgan fingerprint density at radius 2 is 2.07 bits per heavy atom. The van der Waals surface area contributed by atoms with Crippen LogP contribution in [0.2, 0.25) is 0 Å². The van der Waals surface area contributed by atoms with Crippen molar-refractivity contribution in [3.8, 4) is 5.88 Å². The molecule has 27 heavy (non-hydrogen) atoms. The Balaban J connectivity index is 1.49. The molecule has 138 valence electrons. The smallest absolute Gasteiger partial charge is 0.420 e. The van der Waals surface area contributed by atoms with Gasteiger partial charge in [-0.25, -0.2) is 4.79 Å². The van der Waals surface area contributed by atoms with Gasteiger partial charge in [0.25, 0.3) is 0 Å². The van der Waals surface area contributed by atoms with Crippen molar-refractivity contribution >= 4 is 22.7 Å².